The summed E-state index contributed by atoms with van der Waals surface area (Å²) in [5.74, 6) is 0.110. The lowest BCUT2D eigenvalue weighted by Crippen LogP contribution is -2.23. The van der Waals surface area contributed by atoms with Gasteiger partial charge in [0.05, 0.1) is 10.8 Å². The number of hydrogen-bond donors (Lipinski definition) is 1. The minimum Gasteiger partial charge on any atom is -0.381 e. The van der Waals surface area contributed by atoms with Crippen molar-refractivity contribution in [2.75, 3.05) is 24.8 Å². The summed E-state index contributed by atoms with van der Waals surface area (Å²) in [6.45, 7) is 1.56. The molecule has 1 atom stereocenters. The van der Waals surface area contributed by atoms with Gasteiger partial charge in [0.2, 0.25) is 5.91 Å². The maximum absolute atomic E-state index is 12.9. The molecule has 1 aromatic heterocycles. The monoisotopic (exact) mass is 408 g/mol. The predicted octanol–water partition coefficient (Wildman–Crippen LogP) is 3.48. The van der Waals surface area contributed by atoms with Crippen LogP contribution < -0.4 is 5.32 Å². The molecule has 146 valence electrons. The van der Waals surface area contributed by atoms with Gasteiger partial charge in [-0.2, -0.15) is 0 Å². The number of rotatable bonds is 7. The van der Waals surface area contributed by atoms with E-state index in [1.807, 2.05) is 5.38 Å². The lowest BCUT2D eigenvalue weighted by Gasteiger charge is -2.24. The first-order valence-electron chi connectivity index (χ1n) is 9.01. The molecule has 1 saturated heterocycles. The maximum atomic E-state index is 12.9. The molecule has 0 spiro atoms. The molecular weight excluding hydrogens is 384 g/mol. The Morgan fingerprint density at radius 1 is 1.30 bits per heavy atom. The normalized spacial score (nSPS) is 16.8. The van der Waals surface area contributed by atoms with Crippen LogP contribution in [0.5, 0.6) is 0 Å². The van der Waals surface area contributed by atoms with Crippen LogP contribution in [0.2, 0.25) is 0 Å². The predicted molar refractivity (Wildman–Crippen MR) is 106 cm³/mol. The smallest absolute Gasteiger partial charge is 0.233 e. The highest BCUT2D eigenvalue weighted by Crippen LogP contribution is 2.29. The van der Waals surface area contributed by atoms with Gasteiger partial charge in [0.15, 0.2) is 15.0 Å². The molecule has 1 aromatic carbocycles. The lowest BCUT2D eigenvalue weighted by atomic mass is 9.87. The van der Waals surface area contributed by atoms with Gasteiger partial charge in [-0.1, -0.05) is 12.1 Å². The second-order valence-corrected chi connectivity index (χ2v) is 9.76. The molecule has 1 aliphatic rings. The van der Waals surface area contributed by atoms with Crippen molar-refractivity contribution in [3.63, 3.8) is 0 Å². The Balaban J connectivity index is 1.76. The van der Waals surface area contributed by atoms with E-state index in [9.17, 15) is 13.2 Å². The van der Waals surface area contributed by atoms with E-state index < -0.39 is 9.84 Å². The van der Waals surface area contributed by atoms with Crippen molar-refractivity contribution in [3.05, 3.63) is 41.4 Å². The Bertz CT molecular complexity index is 842. The van der Waals surface area contributed by atoms with Crippen molar-refractivity contribution in [2.24, 2.45) is 5.92 Å². The molecule has 0 bridgehead atoms. The van der Waals surface area contributed by atoms with Crippen molar-refractivity contribution in [2.45, 2.75) is 36.5 Å². The van der Waals surface area contributed by atoms with Crippen LogP contribution >= 0.6 is 11.3 Å². The van der Waals surface area contributed by atoms with E-state index in [0.29, 0.717) is 17.5 Å². The number of carbonyl (C=O) groups is 1. The number of nitrogens with one attached hydrogen (secondary N) is 1. The number of ether oxygens (including phenoxy) is 1. The molecule has 6 nitrogen and oxygen atoms in total. The zero-order valence-electron chi connectivity index (χ0n) is 15.3. The van der Waals surface area contributed by atoms with Crippen LogP contribution in [0, 0.1) is 5.92 Å². The van der Waals surface area contributed by atoms with Crippen LogP contribution in [0.3, 0.4) is 0 Å². The van der Waals surface area contributed by atoms with Crippen molar-refractivity contribution < 1.29 is 17.9 Å². The summed E-state index contributed by atoms with van der Waals surface area (Å²) in [5.41, 5.74) is 0.823. The molecule has 1 N–H and O–H groups in total. The number of sulfone groups is 1. The molecule has 1 aliphatic heterocycles. The van der Waals surface area contributed by atoms with E-state index >= 15 is 0 Å². The first-order valence-corrected chi connectivity index (χ1v) is 11.8. The summed E-state index contributed by atoms with van der Waals surface area (Å²) in [4.78, 5) is 17.3. The van der Waals surface area contributed by atoms with Gasteiger partial charge in [-0.05, 0) is 49.3 Å². The molecule has 8 heteroatoms. The Labute approximate surface area is 163 Å². The third kappa shape index (κ3) is 5.60. The van der Waals surface area contributed by atoms with Crippen LogP contribution in [0.15, 0.2) is 40.7 Å². The number of anilines is 1. The fraction of sp³-hybridized carbons (Fsp3) is 0.474. The van der Waals surface area contributed by atoms with Crippen molar-refractivity contribution in [1.29, 1.82) is 0 Å². The Hall–Kier alpha value is -1.77. The standard InChI is InChI=1S/C19H24N2O4S2/c1-27(23,24)16-5-3-15(4-6-16)17(7-2-14-8-11-25-12-9-14)18(22)21-19-20-10-13-26-19/h3-6,10,13-14,17H,2,7-9,11-12H2,1H3,(H,20,21,22). The quantitative estimate of drug-likeness (QED) is 0.758. The largest absolute Gasteiger partial charge is 0.381 e. The number of hydrogen-bond acceptors (Lipinski definition) is 6. The molecule has 27 heavy (non-hydrogen) atoms. The summed E-state index contributed by atoms with van der Waals surface area (Å²) >= 11 is 1.38. The molecule has 0 radical (unpaired) electrons. The average molecular weight is 409 g/mol. The maximum Gasteiger partial charge on any atom is 0.233 e. The van der Waals surface area contributed by atoms with E-state index in [4.69, 9.17) is 4.74 Å². The topological polar surface area (TPSA) is 85.4 Å². The van der Waals surface area contributed by atoms with Gasteiger partial charge in [0, 0.05) is 31.0 Å². The van der Waals surface area contributed by atoms with E-state index in [1.54, 1.807) is 30.5 Å². The van der Waals surface area contributed by atoms with Crippen LogP contribution in [0.25, 0.3) is 0 Å². The summed E-state index contributed by atoms with van der Waals surface area (Å²) in [5, 5.41) is 5.26. The zero-order chi connectivity index (χ0) is 19.3. The number of amides is 1. The highest BCUT2D eigenvalue weighted by molar-refractivity contribution is 7.90. The number of nitrogens with zero attached hydrogens (tertiary/aromatic N) is 1. The average Bonchev–Trinajstić information content (AvgIpc) is 3.15. The number of carbonyl (C=O) groups excluding carboxylic acids is 1. The molecule has 0 aliphatic carbocycles. The summed E-state index contributed by atoms with van der Waals surface area (Å²) in [7, 11) is -3.26. The fourth-order valence-corrected chi connectivity index (χ4v) is 4.47. The number of aromatic nitrogens is 1. The third-order valence-electron chi connectivity index (χ3n) is 4.89. The lowest BCUT2D eigenvalue weighted by molar-refractivity contribution is -0.117. The molecule has 3 rings (SSSR count). The molecule has 1 fully saturated rings. The second kappa shape index (κ2) is 8.95. The highest BCUT2D eigenvalue weighted by atomic mass is 32.2. The first kappa shape index (κ1) is 20.0. The van der Waals surface area contributed by atoms with Crippen LogP contribution in [0.1, 0.15) is 37.2 Å². The van der Waals surface area contributed by atoms with E-state index in [0.717, 1.165) is 38.0 Å². The van der Waals surface area contributed by atoms with Gasteiger partial charge >= 0.3 is 0 Å². The SMILES string of the molecule is CS(=O)(=O)c1ccc(C(CCC2CCOCC2)C(=O)Nc2nccs2)cc1. The molecular formula is C19H24N2O4S2. The summed E-state index contributed by atoms with van der Waals surface area (Å²) in [6.07, 6.45) is 6.52. The molecule has 1 unspecified atom stereocenters. The van der Waals surface area contributed by atoms with Crippen LogP contribution in [0.4, 0.5) is 5.13 Å². The van der Waals surface area contributed by atoms with E-state index in [1.165, 1.54) is 17.6 Å². The Kier molecular flexibility index (Phi) is 6.62. The van der Waals surface area contributed by atoms with Gasteiger partial charge in [0.1, 0.15) is 0 Å². The van der Waals surface area contributed by atoms with Crippen LogP contribution in [-0.4, -0.2) is 38.8 Å². The fourth-order valence-electron chi connectivity index (χ4n) is 3.31. The van der Waals surface area contributed by atoms with Crippen molar-refractivity contribution in [3.8, 4) is 0 Å². The number of benzene rings is 1. The van der Waals surface area contributed by atoms with Gasteiger partial charge in [0.25, 0.3) is 0 Å². The van der Waals surface area contributed by atoms with E-state index in [-0.39, 0.29) is 16.7 Å². The van der Waals surface area contributed by atoms with Gasteiger partial charge in [-0.3, -0.25) is 4.79 Å². The molecule has 2 aromatic rings. The Morgan fingerprint density at radius 2 is 2.00 bits per heavy atom. The number of thiazole rings is 1. The third-order valence-corrected chi connectivity index (χ3v) is 6.71. The van der Waals surface area contributed by atoms with Crippen LogP contribution in [-0.2, 0) is 19.4 Å². The second-order valence-electron chi connectivity index (χ2n) is 6.85. The van der Waals surface area contributed by atoms with Gasteiger partial charge in [-0.15, -0.1) is 11.3 Å². The van der Waals surface area contributed by atoms with Crippen molar-refractivity contribution in [1.82, 2.24) is 4.98 Å². The van der Waals surface area contributed by atoms with Gasteiger partial charge < -0.3 is 10.1 Å². The molecule has 1 amide bonds. The zero-order valence-corrected chi connectivity index (χ0v) is 16.9. The minimum absolute atomic E-state index is 0.107. The molecule has 2 heterocycles. The highest BCUT2D eigenvalue weighted by Gasteiger charge is 2.24. The summed E-state index contributed by atoms with van der Waals surface area (Å²) in [6, 6.07) is 6.63. The minimum atomic E-state index is -3.26. The summed E-state index contributed by atoms with van der Waals surface area (Å²) < 4.78 is 28.8. The van der Waals surface area contributed by atoms with E-state index in [2.05, 4.69) is 10.3 Å². The van der Waals surface area contributed by atoms with Crippen molar-refractivity contribution >= 4 is 32.2 Å². The Morgan fingerprint density at radius 3 is 2.59 bits per heavy atom. The first-order chi connectivity index (χ1) is 12.9. The van der Waals surface area contributed by atoms with Gasteiger partial charge in [-0.25, -0.2) is 13.4 Å². The molecule has 0 saturated carbocycles.